The van der Waals surface area contributed by atoms with Gasteiger partial charge in [0.15, 0.2) is 5.69 Å². The third-order valence-corrected chi connectivity index (χ3v) is 3.34. The summed E-state index contributed by atoms with van der Waals surface area (Å²) in [6.45, 7) is 0.588. The Morgan fingerprint density at radius 2 is 2.11 bits per heavy atom. The van der Waals surface area contributed by atoms with Gasteiger partial charge in [-0.15, -0.1) is 0 Å². The van der Waals surface area contributed by atoms with Crippen LogP contribution in [0.15, 0.2) is 41.0 Å². The fraction of sp³-hybridized carbons (Fsp3) is 0.154. The molecule has 6 heteroatoms. The second-order valence-corrected chi connectivity index (χ2v) is 4.85. The largest absolute Gasteiger partial charge is 0.477 e. The molecule has 0 aliphatic carbocycles. The topological polar surface area (TPSA) is 66.3 Å². The van der Waals surface area contributed by atoms with Gasteiger partial charge in [-0.2, -0.15) is 0 Å². The lowest BCUT2D eigenvalue weighted by Crippen LogP contribution is -2.20. The van der Waals surface area contributed by atoms with Crippen molar-refractivity contribution in [3.63, 3.8) is 0 Å². The Bertz CT molecular complexity index is 604. The number of anilines is 1. The molecule has 0 spiro atoms. The zero-order chi connectivity index (χ0) is 13.8. The minimum Gasteiger partial charge on any atom is -0.477 e. The molecule has 1 aromatic carbocycles. The van der Waals surface area contributed by atoms with E-state index in [1.54, 1.807) is 4.90 Å². The van der Waals surface area contributed by atoms with Crippen molar-refractivity contribution in [3.8, 4) is 0 Å². The molecule has 0 bridgehead atoms. The molecule has 2 aromatic rings. The summed E-state index contributed by atoms with van der Waals surface area (Å²) in [7, 11) is 1.82. The van der Waals surface area contributed by atoms with Crippen LogP contribution in [0.4, 0.5) is 5.95 Å². The van der Waals surface area contributed by atoms with Crippen LogP contribution in [0.25, 0.3) is 0 Å². The van der Waals surface area contributed by atoms with E-state index in [0.717, 1.165) is 10.0 Å². The summed E-state index contributed by atoms with van der Waals surface area (Å²) in [6, 6.07) is 9.20. The number of carbonyl (C=O) groups is 1. The van der Waals surface area contributed by atoms with Crippen molar-refractivity contribution in [2.75, 3.05) is 11.9 Å². The number of nitrogens with zero attached hydrogens (tertiary/aromatic N) is 3. The Morgan fingerprint density at radius 3 is 2.79 bits per heavy atom. The number of aromatic nitrogens is 2. The molecule has 0 amide bonds. The van der Waals surface area contributed by atoms with Gasteiger partial charge in [0, 0.05) is 24.3 Å². The van der Waals surface area contributed by atoms with E-state index in [-0.39, 0.29) is 5.69 Å². The van der Waals surface area contributed by atoms with Crippen LogP contribution in [-0.2, 0) is 6.54 Å². The normalized spacial score (nSPS) is 10.2. The average Bonchev–Trinajstić information content (AvgIpc) is 2.41. The molecular weight excluding hydrogens is 310 g/mol. The number of benzene rings is 1. The number of carboxylic acid groups (broad SMARTS) is 1. The van der Waals surface area contributed by atoms with Crippen molar-refractivity contribution in [3.05, 3.63) is 52.3 Å². The molecule has 1 heterocycles. The lowest BCUT2D eigenvalue weighted by Gasteiger charge is -2.17. The van der Waals surface area contributed by atoms with Crippen molar-refractivity contribution in [1.29, 1.82) is 0 Å². The highest BCUT2D eigenvalue weighted by molar-refractivity contribution is 9.10. The van der Waals surface area contributed by atoms with Gasteiger partial charge in [0.05, 0.1) is 0 Å². The number of hydrogen-bond donors (Lipinski definition) is 1. The first-order chi connectivity index (χ1) is 9.08. The van der Waals surface area contributed by atoms with Crippen LogP contribution in [0, 0.1) is 0 Å². The lowest BCUT2D eigenvalue weighted by molar-refractivity contribution is 0.0690. The molecule has 2 rings (SSSR count). The van der Waals surface area contributed by atoms with E-state index in [9.17, 15) is 4.79 Å². The molecule has 0 fully saturated rings. The maximum absolute atomic E-state index is 10.9. The van der Waals surface area contributed by atoms with Gasteiger partial charge in [-0.05, 0) is 17.7 Å². The molecule has 0 saturated carbocycles. The predicted molar refractivity (Wildman–Crippen MR) is 75.2 cm³/mol. The van der Waals surface area contributed by atoms with Gasteiger partial charge >= 0.3 is 5.97 Å². The number of rotatable bonds is 4. The number of hydrogen-bond acceptors (Lipinski definition) is 4. The van der Waals surface area contributed by atoms with Gasteiger partial charge in [-0.1, -0.05) is 34.1 Å². The quantitative estimate of drug-likeness (QED) is 0.937. The minimum atomic E-state index is -1.06. The van der Waals surface area contributed by atoms with Crippen molar-refractivity contribution in [2.24, 2.45) is 0 Å². The highest BCUT2D eigenvalue weighted by atomic mass is 79.9. The molecule has 1 aromatic heterocycles. The van der Waals surface area contributed by atoms with Crippen molar-refractivity contribution >= 4 is 27.8 Å². The molecule has 1 N–H and O–H groups in total. The summed E-state index contributed by atoms with van der Waals surface area (Å²) < 4.78 is 0.997. The van der Waals surface area contributed by atoms with Crippen LogP contribution in [0.1, 0.15) is 16.1 Å². The second kappa shape index (κ2) is 5.79. The maximum atomic E-state index is 10.9. The van der Waals surface area contributed by atoms with Crippen molar-refractivity contribution in [1.82, 2.24) is 9.97 Å². The molecular formula is C13H12BrN3O2. The van der Waals surface area contributed by atoms with Crippen LogP contribution in [0.2, 0.25) is 0 Å². The monoisotopic (exact) mass is 321 g/mol. The summed E-state index contributed by atoms with van der Waals surface area (Å²) in [5, 5.41) is 8.91. The van der Waals surface area contributed by atoms with Gasteiger partial charge in [0.1, 0.15) is 0 Å². The number of aromatic carboxylic acids is 1. The molecule has 98 valence electrons. The Kier molecular flexibility index (Phi) is 4.11. The van der Waals surface area contributed by atoms with Crippen LogP contribution in [0.3, 0.4) is 0 Å². The van der Waals surface area contributed by atoms with Crippen LogP contribution in [0.5, 0.6) is 0 Å². The highest BCUT2D eigenvalue weighted by Gasteiger charge is 2.10. The van der Waals surface area contributed by atoms with E-state index < -0.39 is 5.97 Å². The molecule has 0 aliphatic rings. The van der Waals surface area contributed by atoms with Gasteiger partial charge in [0.25, 0.3) is 0 Å². The van der Waals surface area contributed by atoms with Gasteiger partial charge in [0.2, 0.25) is 5.95 Å². The predicted octanol–water partition coefficient (Wildman–Crippen LogP) is 2.57. The average molecular weight is 322 g/mol. The van der Waals surface area contributed by atoms with E-state index in [1.807, 2.05) is 31.3 Å². The fourth-order valence-electron chi connectivity index (χ4n) is 1.60. The summed E-state index contributed by atoms with van der Waals surface area (Å²) in [4.78, 5) is 20.8. The van der Waals surface area contributed by atoms with E-state index >= 15 is 0 Å². The molecule has 0 unspecified atom stereocenters. The number of halogens is 1. The summed E-state index contributed by atoms with van der Waals surface area (Å²) >= 11 is 3.47. The van der Waals surface area contributed by atoms with E-state index in [2.05, 4.69) is 25.9 Å². The molecule has 0 saturated heterocycles. The fourth-order valence-corrected chi connectivity index (χ4v) is 2.01. The Labute approximate surface area is 119 Å². The van der Waals surface area contributed by atoms with E-state index in [1.165, 1.54) is 12.3 Å². The first-order valence-electron chi connectivity index (χ1n) is 5.59. The van der Waals surface area contributed by atoms with Crippen molar-refractivity contribution < 1.29 is 9.90 Å². The zero-order valence-electron chi connectivity index (χ0n) is 10.2. The van der Waals surface area contributed by atoms with Crippen LogP contribution < -0.4 is 4.90 Å². The first-order valence-corrected chi connectivity index (χ1v) is 6.38. The van der Waals surface area contributed by atoms with Crippen molar-refractivity contribution in [2.45, 2.75) is 6.54 Å². The summed E-state index contributed by atoms with van der Waals surface area (Å²) in [6.07, 6.45) is 1.45. The van der Waals surface area contributed by atoms with Gasteiger partial charge < -0.3 is 10.0 Å². The van der Waals surface area contributed by atoms with Crippen LogP contribution in [-0.4, -0.2) is 28.1 Å². The smallest absolute Gasteiger partial charge is 0.354 e. The Morgan fingerprint density at radius 1 is 1.37 bits per heavy atom. The summed E-state index contributed by atoms with van der Waals surface area (Å²) in [5.41, 5.74) is 1.07. The molecule has 0 atom stereocenters. The lowest BCUT2D eigenvalue weighted by atomic mass is 10.2. The third-order valence-electron chi connectivity index (χ3n) is 2.57. The third kappa shape index (κ3) is 3.29. The second-order valence-electron chi connectivity index (χ2n) is 3.99. The van der Waals surface area contributed by atoms with Crippen LogP contribution >= 0.6 is 15.9 Å². The van der Waals surface area contributed by atoms with E-state index in [4.69, 9.17) is 5.11 Å². The number of carboxylic acids is 1. The molecule has 19 heavy (non-hydrogen) atoms. The Hall–Kier alpha value is -1.95. The first kappa shape index (κ1) is 13.5. The van der Waals surface area contributed by atoms with E-state index in [0.29, 0.717) is 12.5 Å². The molecule has 5 nitrogen and oxygen atoms in total. The molecule has 0 radical (unpaired) electrons. The standard InChI is InChI=1S/C13H12BrN3O2/c1-17(8-9-4-2-3-5-10(9)14)13-15-7-6-11(16-13)12(18)19/h2-7H,8H2,1H3,(H,18,19). The Balaban J connectivity index is 2.20. The SMILES string of the molecule is CN(Cc1ccccc1Br)c1nccc(C(=O)O)n1. The van der Waals surface area contributed by atoms with Gasteiger partial charge in [-0.3, -0.25) is 0 Å². The van der Waals surface area contributed by atoms with Gasteiger partial charge in [-0.25, -0.2) is 14.8 Å². The zero-order valence-corrected chi connectivity index (χ0v) is 11.8. The minimum absolute atomic E-state index is 0.0102. The molecule has 0 aliphatic heterocycles. The maximum Gasteiger partial charge on any atom is 0.354 e. The summed E-state index contributed by atoms with van der Waals surface area (Å²) in [5.74, 6) is -0.673. The highest BCUT2D eigenvalue weighted by Crippen LogP contribution is 2.19.